The van der Waals surface area contributed by atoms with Gasteiger partial charge in [0.1, 0.15) is 15.5 Å². The number of esters is 1. The Morgan fingerprint density at radius 2 is 1.17 bits per heavy atom. The van der Waals surface area contributed by atoms with E-state index in [9.17, 15) is 14.4 Å². The van der Waals surface area contributed by atoms with Crippen LogP contribution in [0.2, 0.25) is 15.5 Å². The number of carboxylic acids is 1. The molecule has 4 N–H and O–H groups in total. The van der Waals surface area contributed by atoms with Crippen molar-refractivity contribution in [3.05, 3.63) is 139 Å². The number of nitrogens with zero attached hydrogens (tertiary/aromatic N) is 5. The second-order valence-corrected chi connectivity index (χ2v) is 21.2. The first kappa shape index (κ1) is 61.2. The number of pyridine rings is 4. The summed E-state index contributed by atoms with van der Waals surface area (Å²) in [4.78, 5) is 55.7. The molecule has 2 amide bonds. The van der Waals surface area contributed by atoms with E-state index in [-0.39, 0.29) is 63.3 Å². The predicted octanol–water partition coefficient (Wildman–Crippen LogP) is 10.0. The molecule has 5 heterocycles. The number of anilines is 2. The molecule has 72 heavy (non-hydrogen) atoms. The minimum Gasteiger partial charge on any atom is -0.870 e. The molecule has 1 aliphatic rings. The number of morpholine rings is 1. The number of methoxy groups -OCH3 is 1. The van der Waals surface area contributed by atoms with Gasteiger partial charge in [-0.1, -0.05) is 134 Å². The monoisotopic (exact) mass is 1040 g/mol. The predicted molar refractivity (Wildman–Crippen MR) is 284 cm³/mol. The summed E-state index contributed by atoms with van der Waals surface area (Å²) in [5.74, 6) is -1.35. The van der Waals surface area contributed by atoms with Crippen molar-refractivity contribution >= 4 is 74.9 Å². The van der Waals surface area contributed by atoms with E-state index in [1.165, 1.54) is 7.11 Å². The zero-order valence-electron chi connectivity index (χ0n) is 43.8. The summed E-state index contributed by atoms with van der Waals surface area (Å²) in [5, 5.41) is 18.0. The molecule has 1 saturated heterocycles. The Hall–Kier alpha value is -5.14. The van der Waals surface area contributed by atoms with E-state index in [2.05, 4.69) is 69.5 Å². The van der Waals surface area contributed by atoms with E-state index >= 15 is 0 Å². The largest absolute Gasteiger partial charge is 1.00 e. The Morgan fingerprint density at radius 3 is 1.67 bits per heavy atom. The number of hydrogen-bond donors (Lipinski definition) is 3. The third kappa shape index (κ3) is 15.9. The van der Waals surface area contributed by atoms with Crippen LogP contribution in [0, 0.1) is 20.8 Å². The van der Waals surface area contributed by atoms with Crippen LogP contribution in [-0.2, 0) is 32.3 Å². The Morgan fingerprint density at radius 1 is 0.681 bits per heavy atom. The van der Waals surface area contributed by atoms with Crippen molar-refractivity contribution in [1.29, 1.82) is 0 Å². The number of aromatic carboxylic acids is 1. The molecule has 14 nitrogen and oxygen atoms in total. The molecule has 0 saturated carbocycles. The first-order chi connectivity index (χ1) is 32.7. The van der Waals surface area contributed by atoms with Crippen molar-refractivity contribution in [2.75, 3.05) is 44.0 Å². The molecule has 380 valence electrons. The van der Waals surface area contributed by atoms with Crippen LogP contribution >= 0.6 is 34.8 Å². The van der Waals surface area contributed by atoms with Crippen molar-refractivity contribution in [3.63, 3.8) is 0 Å². The summed E-state index contributed by atoms with van der Waals surface area (Å²) in [5.41, 5.74) is 8.81. The van der Waals surface area contributed by atoms with Gasteiger partial charge in [0.05, 0.1) is 48.5 Å². The van der Waals surface area contributed by atoms with Crippen LogP contribution in [0.3, 0.4) is 0 Å². The second-order valence-electron chi connectivity index (χ2n) is 20.2. The van der Waals surface area contributed by atoms with Crippen LogP contribution in [0.25, 0.3) is 21.9 Å². The van der Waals surface area contributed by atoms with Crippen LogP contribution in [0.5, 0.6) is 0 Å². The molecule has 1 fully saturated rings. The average molecular weight is 1040 g/mol. The molecule has 1 aliphatic heterocycles. The fourth-order valence-electron chi connectivity index (χ4n) is 7.16. The van der Waals surface area contributed by atoms with Gasteiger partial charge in [0.25, 0.3) is 0 Å². The summed E-state index contributed by atoms with van der Waals surface area (Å²) in [6.45, 7) is 27.6. The zero-order chi connectivity index (χ0) is 51.9. The summed E-state index contributed by atoms with van der Waals surface area (Å²) in [7, 11) is 1.35. The van der Waals surface area contributed by atoms with E-state index in [0.29, 0.717) is 38.4 Å². The normalized spacial score (nSPS) is 12.7. The third-order valence-electron chi connectivity index (χ3n) is 11.6. The molecule has 18 heteroatoms. The molecule has 4 aromatic heterocycles. The van der Waals surface area contributed by atoms with E-state index in [0.717, 1.165) is 83.1 Å². The molecule has 0 spiro atoms. The molecular weight excluding hydrogens is 972 g/mol. The van der Waals surface area contributed by atoms with Crippen LogP contribution in [0.4, 0.5) is 16.2 Å². The van der Waals surface area contributed by atoms with Crippen LogP contribution in [0.1, 0.15) is 122 Å². The van der Waals surface area contributed by atoms with Gasteiger partial charge < -0.3 is 30.7 Å². The van der Waals surface area contributed by atoms with Crippen molar-refractivity contribution in [2.45, 2.75) is 106 Å². The van der Waals surface area contributed by atoms with Gasteiger partial charge in [-0.3, -0.25) is 9.88 Å². The SMILES string of the molecule is COC(=O)c1cc(C(C)(C)C)nc(Cl)c1C.Cc1c(C(=O)O)cc(C(C)(C)C)nc1Cl.Cc1c(NC(=O)Nc2ccc(-c3ccc(CN4CCOCC4)nc3)c3ccccc23)cc(C(C)(C)C)nc1Cl.[Li+].[OH-]. The van der Waals surface area contributed by atoms with Gasteiger partial charge in [-0.2, -0.15) is 0 Å². The quantitative estimate of drug-likeness (QED) is 0.0778. The van der Waals surface area contributed by atoms with Gasteiger partial charge in [-0.15, -0.1) is 0 Å². The molecular formula is C54H65Cl3LiN7O7. The summed E-state index contributed by atoms with van der Waals surface area (Å²) < 4.78 is 10.2. The summed E-state index contributed by atoms with van der Waals surface area (Å²) >= 11 is 18.3. The summed E-state index contributed by atoms with van der Waals surface area (Å²) in [6.07, 6.45) is 1.93. The number of amides is 2. The first-order valence-electron chi connectivity index (χ1n) is 22.9. The first-order valence-corrected chi connectivity index (χ1v) is 24.0. The summed E-state index contributed by atoms with van der Waals surface area (Å²) in [6, 6.07) is 21.1. The number of fused-ring (bicyclic) bond motifs is 1. The molecule has 0 bridgehead atoms. The average Bonchev–Trinajstić information content (AvgIpc) is 3.29. The number of carbonyl (C=O) groups is 3. The van der Waals surface area contributed by atoms with E-state index in [1.807, 2.05) is 91.1 Å². The van der Waals surface area contributed by atoms with Gasteiger partial charge in [-0.25, -0.2) is 29.3 Å². The number of rotatable bonds is 7. The van der Waals surface area contributed by atoms with Gasteiger partial charge in [0.15, 0.2) is 0 Å². The number of urea groups is 1. The van der Waals surface area contributed by atoms with E-state index in [1.54, 1.807) is 26.0 Å². The van der Waals surface area contributed by atoms with Crippen molar-refractivity contribution in [2.24, 2.45) is 0 Å². The van der Waals surface area contributed by atoms with Gasteiger partial charge in [0, 0.05) is 86.8 Å². The minimum absolute atomic E-state index is 0. The van der Waals surface area contributed by atoms with Crippen molar-refractivity contribution in [1.82, 2.24) is 24.8 Å². The van der Waals surface area contributed by atoms with E-state index in [4.69, 9.17) is 54.4 Å². The van der Waals surface area contributed by atoms with Crippen LogP contribution < -0.4 is 29.5 Å². The Balaban J connectivity index is 0.000000343. The minimum atomic E-state index is -0.970. The van der Waals surface area contributed by atoms with Crippen molar-refractivity contribution < 1.29 is 53.3 Å². The molecule has 2 aromatic carbocycles. The van der Waals surface area contributed by atoms with Crippen LogP contribution in [-0.4, -0.2) is 86.8 Å². The topological polar surface area (TPSA) is 199 Å². The van der Waals surface area contributed by atoms with E-state index < -0.39 is 5.97 Å². The molecule has 7 rings (SSSR count). The number of aromatic nitrogens is 4. The molecule has 0 unspecified atom stereocenters. The van der Waals surface area contributed by atoms with Gasteiger partial charge >= 0.3 is 36.8 Å². The van der Waals surface area contributed by atoms with Crippen molar-refractivity contribution in [3.8, 4) is 11.1 Å². The fraction of sp³-hybridized carbons (Fsp3) is 0.389. The number of carboxylic acid groups (broad SMARTS) is 1. The number of carbonyl (C=O) groups excluding carboxylic acids is 2. The number of halogens is 3. The van der Waals surface area contributed by atoms with Gasteiger partial charge in [0.2, 0.25) is 0 Å². The molecule has 0 radical (unpaired) electrons. The maximum atomic E-state index is 13.1. The molecule has 6 aromatic rings. The smallest absolute Gasteiger partial charge is 0.870 e. The van der Waals surface area contributed by atoms with Gasteiger partial charge in [-0.05, 0) is 62.1 Å². The number of nitrogens with one attached hydrogen (secondary N) is 2. The zero-order valence-corrected chi connectivity index (χ0v) is 46.0. The third-order valence-corrected chi connectivity index (χ3v) is 12.7. The van der Waals surface area contributed by atoms with Crippen LogP contribution in [0.15, 0.2) is 72.9 Å². The fourth-order valence-corrected chi connectivity index (χ4v) is 7.74. The maximum absolute atomic E-state index is 13.1. The Bertz CT molecular complexity index is 2880. The number of benzene rings is 2. The Kier molecular flexibility index (Phi) is 21.8. The number of ether oxygens (including phenoxy) is 2. The molecule has 0 atom stereocenters. The Labute approximate surface area is 450 Å². The molecule has 0 aliphatic carbocycles. The maximum Gasteiger partial charge on any atom is 1.00 e. The number of hydrogen-bond acceptors (Lipinski definition) is 11. The second kappa shape index (κ2) is 25.7. The standard InChI is InChI=1S/C31H34ClN5O2.C12H16ClNO2.C11H14ClNO2.Li.H2O/c1-20-27(17-28(31(2,3)4)36-29(20)32)35-30(38)34-26-12-11-23(24-7-5-6-8-25(24)26)21-9-10-22(33-18-21)19-37-13-15-39-16-14-37;1-7-8(11(15)16-5)6-9(12(2,3)4)14-10(7)13;1-6-7(10(14)15)5-8(11(2,3)4)13-9(6)12;;/h5-12,17-18H,13-16,19H2,1-4H3,(H2,34,35,36,38);6H,1-5H3;5H,1-4H3,(H,14,15);;1H2/q;;;+1;/p-1.